The lowest BCUT2D eigenvalue weighted by Gasteiger charge is -2.14. The van der Waals surface area contributed by atoms with Gasteiger partial charge in [-0.15, -0.1) is 0 Å². The Labute approximate surface area is 233 Å². The molecule has 13 heteroatoms. The molecule has 10 nitrogen and oxygen atoms in total. The molecule has 0 spiro atoms. The van der Waals surface area contributed by atoms with E-state index in [1.807, 2.05) is 6.92 Å². The molecule has 2 aromatic carbocycles. The van der Waals surface area contributed by atoms with Gasteiger partial charge in [0.2, 0.25) is 11.7 Å². The van der Waals surface area contributed by atoms with E-state index in [1.54, 1.807) is 32.1 Å². The monoisotopic (exact) mass is 592 g/mol. The Morgan fingerprint density at radius 3 is 2.28 bits per heavy atom. The molecule has 1 heterocycles. The SMILES string of the molecule is CC(N)=CC(C)=NCc1c(S(C)(=O)=O)ccc(C(=O)c2c(C)nn(C)c2OS(=O)(=O)c2ccc(C)cc2)c1Cl. The average Bonchev–Trinajstić information content (AvgIpc) is 3.08. The van der Waals surface area contributed by atoms with Crippen LogP contribution in [0.25, 0.3) is 0 Å². The largest absolute Gasteiger partial charge is 0.402 e. The van der Waals surface area contributed by atoms with E-state index in [0.29, 0.717) is 11.4 Å². The van der Waals surface area contributed by atoms with E-state index in [0.717, 1.165) is 16.5 Å². The van der Waals surface area contributed by atoms with Crippen molar-refractivity contribution >= 4 is 43.1 Å². The Kier molecular flexibility index (Phi) is 8.73. The van der Waals surface area contributed by atoms with Gasteiger partial charge in [0.15, 0.2) is 9.84 Å². The highest BCUT2D eigenvalue weighted by molar-refractivity contribution is 7.90. The molecule has 39 heavy (non-hydrogen) atoms. The quantitative estimate of drug-likeness (QED) is 0.223. The minimum absolute atomic E-state index is 0.0637. The standard InChI is InChI=1S/C26H29ClN4O6S2/c1-15-7-9-19(10-8-15)39(35,36)37-26-23(18(4)30-31(26)5)25(32)20-11-12-22(38(6,33)34)21(24(20)27)14-29-17(3)13-16(2)28/h7-13H,14,28H2,1-6H3. The summed E-state index contributed by atoms with van der Waals surface area (Å²) >= 11 is 6.63. The van der Waals surface area contributed by atoms with Gasteiger partial charge in [-0.3, -0.25) is 9.79 Å². The van der Waals surface area contributed by atoms with Crippen LogP contribution in [0.5, 0.6) is 5.88 Å². The van der Waals surface area contributed by atoms with Gasteiger partial charge in [-0.1, -0.05) is 29.3 Å². The Bertz CT molecular complexity index is 1720. The number of aliphatic imine (C=N–C) groups is 1. The fourth-order valence-electron chi connectivity index (χ4n) is 3.84. The average molecular weight is 593 g/mol. The predicted molar refractivity (Wildman–Crippen MR) is 150 cm³/mol. The van der Waals surface area contributed by atoms with Gasteiger partial charge in [-0.05, 0) is 58.0 Å². The zero-order chi connectivity index (χ0) is 29.3. The number of ketones is 1. The Morgan fingerprint density at radius 2 is 1.72 bits per heavy atom. The molecule has 0 saturated carbocycles. The molecular formula is C26H29ClN4O6S2. The zero-order valence-electron chi connectivity index (χ0n) is 22.3. The Hall–Kier alpha value is -3.48. The molecule has 208 valence electrons. The summed E-state index contributed by atoms with van der Waals surface area (Å²) in [5.74, 6) is -1.00. The van der Waals surface area contributed by atoms with E-state index in [1.165, 1.54) is 38.2 Å². The van der Waals surface area contributed by atoms with Crippen molar-refractivity contribution in [1.82, 2.24) is 9.78 Å². The fourth-order valence-corrected chi connectivity index (χ4v) is 6.10. The third-order valence-electron chi connectivity index (χ3n) is 5.66. The van der Waals surface area contributed by atoms with Gasteiger partial charge in [-0.25, -0.2) is 13.1 Å². The number of hydrogen-bond donors (Lipinski definition) is 1. The number of aryl methyl sites for hydroxylation is 3. The molecular weight excluding hydrogens is 564 g/mol. The molecule has 3 rings (SSSR count). The summed E-state index contributed by atoms with van der Waals surface area (Å²) in [5.41, 5.74) is 7.70. The highest BCUT2D eigenvalue weighted by Crippen LogP contribution is 2.34. The van der Waals surface area contributed by atoms with Gasteiger partial charge in [-0.2, -0.15) is 13.5 Å². The zero-order valence-corrected chi connectivity index (χ0v) is 24.7. The van der Waals surface area contributed by atoms with Gasteiger partial charge in [0.1, 0.15) is 10.5 Å². The molecule has 0 amide bonds. The van der Waals surface area contributed by atoms with Crippen molar-refractivity contribution in [2.24, 2.45) is 17.8 Å². The lowest BCUT2D eigenvalue weighted by atomic mass is 10.0. The van der Waals surface area contributed by atoms with Crippen LogP contribution in [0.4, 0.5) is 0 Å². The summed E-state index contributed by atoms with van der Waals surface area (Å²) in [4.78, 5) is 17.9. The number of benzene rings is 2. The van der Waals surface area contributed by atoms with Crippen LogP contribution in [0, 0.1) is 13.8 Å². The lowest BCUT2D eigenvalue weighted by molar-refractivity contribution is 0.103. The summed E-state index contributed by atoms with van der Waals surface area (Å²) < 4.78 is 57.5. The van der Waals surface area contributed by atoms with Crippen molar-refractivity contribution in [3.05, 3.63) is 81.1 Å². The van der Waals surface area contributed by atoms with E-state index in [9.17, 15) is 21.6 Å². The number of sulfone groups is 1. The number of allylic oxidation sites excluding steroid dienone is 2. The minimum Gasteiger partial charge on any atom is -0.402 e. The van der Waals surface area contributed by atoms with Crippen LogP contribution in [-0.4, -0.2) is 44.4 Å². The maximum atomic E-state index is 13.8. The van der Waals surface area contributed by atoms with Crippen LogP contribution in [0.2, 0.25) is 5.02 Å². The van der Waals surface area contributed by atoms with Gasteiger partial charge < -0.3 is 9.92 Å². The number of nitrogens with zero attached hydrogens (tertiary/aromatic N) is 3. The summed E-state index contributed by atoms with van der Waals surface area (Å²) in [6, 6.07) is 8.58. The Morgan fingerprint density at radius 1 is 1.10 bits per heavy atom. The number of carbonyl (C=O) groups excluding carboxylic acids is 1. The third kappa shape index (κ3) is 6.75. The molecule has 0 aliphatic heterocycles. The maximum absolute atomic E-state index is 13.8. The van der Waals surface area contributed by atoms with Crippen molar-refractivity contribution in [2.75, 3.05) is 6.26 Å². The summed E-state index contributed by atoms with van der Waals surface area (Å²) in [6.45, 7) is 6.56. The minimum atomic E-state index is -4.31. The summed E-state index contributed by atoms with van der Waals surface area (Å²) in [7, 11) is -6.60. The van der Waals surface area contributed by atoms with Gasteiger partial charge in [0.25, 0.3) is 0 Å². The first-order valence-corrected chi connectivity index (χ1v) is 15.3. The first kappa shape index (κ1) is 30.1. The first-order chi connectivity index (χ1) is 18.0. The number of nitrogens with two attached hydrogens (primary N) is 1. The second-order valence-corrected chi connectivity index (χ2v) is 13.0. The molecule has 0 atom stereocenters. The van der Waals surface area contributed by atoms with Crippen LogP contribution in [0.3, 0.4) is 0 Å². The highest BCUT2D eigenvalue weighted by Gasteiger charge is 2.30. The molecule has 2 N–H and O–H groups in total. The molecule has 0 aliphatic rings. The van der Waals surface area contributed by atoms with Crippen LogP contribution in [0.1, 0.15) is 46.6 Å². The van der Waals surface area contributed by atoms with Gasteiger partial charge in [0, 0.05) is 35.8 Å². The summed E-state index contributed by atoms with van der Waals surface area (Å²) in [6.07, 6.45) is 2.64. The van der Waals surface area contributed by atoms with Gasteiger partial charge in [0.05, 0.1) is 22.2 Å². The number of aromatic nitrogens is 2. The van der Waals surface area contributed by atoms with Crippen molar-refractivity contribution in [3.63, 3.8) is 0 Å². The predicted octanol–water partition coefficient (Wildman–Crippen LogP) is 3.92. The first-order valence-electron chi connectivity index (χ1n) is 11.6. The molecule has 0 saturated heterocycles. The number of halogens is 1. The molecule has 0 fully saturated rings. The van der Waals surface area contributed by atoms with E-state index < -0.39 is 25.7 Å². The van der Waals surface area contributed by atoms with Gasteiger partial charge >= 0.3 is 10.1 Å². The molecule has 0 radical (unpaired) electrons. The molecule has 1 aromatic heterocycles. The second-order valence-electron chi connectivity index (χ2n) is 9.09. The number of hydrogen-bond acceptors (Lipinski definition) is 9. The van der Waals surface area contributed by atoms with E-state index >= 15 is 0 Å². The second kappa shape index (κ2) is 11.3. The van der Waals surface area contributed by atoms with Crippen LogP contribution >= 0.6 is 11.6 Å². The van der Waals surface area contributed by atoms with Crippen molar-refractivity contribution < 1.29 is 25.8 Å². The van der Waals surface area contributed by atoms with Crippen molar-refractivity contribution in [1.29, 1.82) is 0 Å². The molecule has 3 aromatic rings. The number of rotatable bonds is 9. The Balaban J connectivity index is 2.14. The smallest absolute Gasteiger partial charge is 0.340 e. The van der Waals surface area contributed by atoms with Crippen molar-refractivity contribution in [2.45, 2.75) is 44.0 Å². The lowest BCUT2D eigenvalue weighted by Crippen LogP contribution is -2.15. The maximum Gasteiger partial charge on any atom is 0.340 e. The van der Waals surface area contributed by atoms with E-state index in [4.69, 9.17) is 21.5 Å². The normalized spacial score (nSPS) is 13.0. The number of carbonyl (C=O) groups is 1. The topological polar surface area (TPSA) is 151 Å². The molecule has 0 aliphatic carbocycles. The summed E-state index contributed by atoms with van der Waals surface area (Å²) in [5, 5.41) is 4.04. The van der Waals surface area contributed by atoms with E-state index in [2.05, 4.69) is 10.1 Å². The highest BCUT2D eigenvalue weighted by atomic mass is 35.5. The van der Waals surface area contributed by atoms with Crippen LogP contribution < -0.4 is 9.92 Å². The van der Waals surface area contributed by atoms with Crippen LogP contribution in [0.15, 0.2) is 63.0 Å². The molecule has 0 unspecified atom stereocenters. The third-order valence-corrected chi connectivity index (χ3v) is 8.50. The molecule has 0 bridgehead atoms. The van der Waals surface area contributed by atoms with E-state index in [-0.39, 0.29) is 49.6 Å². The van der Waals surface area contributed by atoms with Crippen LogP contribution in [-0.2, 0) is 33.5 Å². The van der Waals surface area contributed by atoms with Crippen molar-refractivity contribution in [3.8, 4) is 5.88 Å². The fraction of sp³-hybridized carbons (Fsp3) is 0.269.